The molecule has 0 spiro atoms. The van der Waals surface area contributed by atoms with Crippen LogP contribution in [0.3, 0.4) is 0 Å². The van der Waals surface area contributed by atoms with Crippen molar-refractivity contribution in [1.29, 1.82) is 0 Å². The molecule has 0 saturated carbocycles. The Hall–Kier alpha value is -0.940. The molecule has 1 aromatic rings. The largest absolute Gasteiger partial charge is 0.379 e. The standard InChI is InChI=1S/C13H25N3O2.CH4/c1-11(2)7-13-8-16(15-14-13)10-18-6-5-17-9-12(3)4;/h8,11-12H,5-7,9-10H2,1-4H3;1H4. The average Bonchev–Trinajstić information content (AvgIpc) is 2.69. The van der Waals surface area contributed by atoms with Gasteiger partial charge in [0.25, 0.3) is 0 Å². The van der Waals surface area contributed by atoms with E-state index in [2.05, 4.69) is 38.0 Å². The van der Waals surface area contributed by atoms with Gasteiger partial charge in [-0.15, -0.1) is 5.10 Å². The Balaban J connectivity index is 0.00000324. The first kappa shape index (κ1) is 18.1. The maximum atomic E-state index is 5.46. The molecular formula is C14H29N3O2. The minimum Gasteiger partial charge on any atom is -0.379 e. The molecule has 0 unspecified atom stereocenters. The highest BCUT2D eigenvalue weighted by Crippen LogP contribution is 2.03. The summed E-state index contributed by atoms with van der Waals surface area (Å²) in [6, 6.07) is 0. The number of nitrogens with zero attached hydrogens (tertiary/aromatic N) is 3. The van der Waals surface area contributed by atoms with Crippen LogP contribution in [0.25, 0.3) is 0 Å². The second-order valence-electron chi connectivity index (χ2n) is 5.35. The van der Waals surface area contributed by atoms with E-state index in [-0.39, 0.29) is 7.43 Å². The average molecular weight is 271 g/mol. The maximum Gasteiger partial charge on any atom is 0.141 e. The monoisotopic (exact) mass is 271 g/mol. The van der Waals surface area contributed by atoms with Gasteiger partial charge in [0.05, 0.1) is 25.1 Å². The molecule has 5 nitrogen and oxygen atoms in total. The molecule has 0 aliphatic carbocycles. The Kier molecular flexibility index (Phi) is 9.43. The molecule has 0 aliphatic rings. The minimum absolute atomic E-state index is 0. The number of hydrogen-bond acceptors (Lipinski definition) is 4. The van der Waals surface area contributed by atoms with Gasteiger partial charge in [0, 0.05) is 6.61 Å². The Morgan fingerprint density at radius 2 is 1.79 bits per heavy atom. The fourth-order valence-corrected chi connectivity index (χ4v) is 1.51. The van der Waals surface area contributed by atoms with Gasteiger partial charge in [-0.1, -0.05) is 40.3 Å². The molecule has 19 heavy (non-hydrogen) atoms. The van der Waals surface area contributed by atoms with Gasteiger partial charge in [-0.3, -0.25) is 0 Å². The molecule has 112 valence electrons. The van der Waals surface area contributed by atoms with Crippen molar-refractivity contribution in [2.75, 3.05) is 19.8 Å². The summed E-state index contributed by atoms with van der Waals surface area (Å²) in [4.78, 5) is 0. The molecule has 0 aromatic carbocycles. The van der Waals surface area contributed by atoms with Crippen molar-refractivity contribution in [3.05, 3.63) is 11.9 Å². The van der Waals surface area contributed by atoms with Crippen LogP contribution in [-0.2, 0) is 22.6 Å². The summed E-state index contributed by atoms with van der Waals surface area (Å²) >= 11 is 0. The van der Waals surface area contributed by atoms with Crippen LogP contribution < -0.4 is 0 Å². The van der Waals surface area contributed by atoms with Gasteiger partial charge in [-0.25, -0.2) is 4.68 Å². The summed E-state index contributed by atoms with van der Waals surface area (Å²) in [7, 11) is 0. The van der Waals surface area contributed by atoms with Crippen LogP contribution in [0.1, 0.15) is 40.8 Å². The van der Waals surface area contributed by atoms with Crippen molar-refractivity contribution >= 4 is 0 Å². The van der Waals surface area contributed by atoms with E-state index < -0.39 is 0 Å². The highest BCUT2D eigenvalue weighted by Gasteiger charge is 2.03. The fraction of sp³-hybridized carbons (Fsp3) is 0.857. The van der Waals surface area contributed by atoms with Crippen LogP contribution in [0, 0.1) is 11.8 Å². The molecule has 0 N–H and O–H groups in total. The van der Waals surface area contributed by atoms with Crippen molar-refractivity contribution in [3.63, 3.8) is 0 Å². The molecule has 1 heterocycles. The predicted octanol–water partition coefficient (Wildman–Crippen LogP) is 2.76. The second-order valence-corrected chi connectivity index (χ2v) is 5.35. The van der Waals surface area contributed by atoms with E-state index in [1.54, 1.807) is 4.68 Å². The zero-order chi connectivity index (χ0) is 13.4. The normalized spacial score (nSPS) is 11.1. The lowest BCUT2D eigenvalue weighted by Gasteiger charge is -2.07. The van der Waals surface area contributed by atoms with Gasteiger partial charge in [0.2, 0.25) is 0 Å². The van der Waals surface area contributed by atoms with Crippen molar-refractivity contribution in [3.8, 4) is 0 Å². The first-order valence-corrected chi connectivity index (χ1v) is 6.62. The summed E-state index contributed by atoms with van der Waals surface area (Å²) in [5.74, 6) is 1.17. The molecule has 0 atom stereocenters. The quantitative estimate of drug-likeness (QED) is 0.648. The first-order valence-electron chi connectivity index (χ1n) is 6.62. The molecule has 0 fully saturated rings. The number of aromatic nitrogens is 3. The second kappa shape index (κ2) is 9.92. The van der Waals surface area contributed by atoms with E-state index >= 15 is 0 Å². The lowest BCUT2D eigenvalue weighted by molar-refractivity contribution is 0.00774. The molecule has 0 bridgehead atoms. The van der Waals surface area contributed by atoms with E-state index in [0.717, 1.165) is 18.7 Å². The lowest BCUT2D eigenvalue weighted by atomic mass is 10.1. The molecular weight excluding hydrogens is 242 g/mol. The first-order chi connectivity index (χ1) is 8.58. The number of hydrogen-bond donors (Lipinski definition) is 0. The Morgan fingerprint density at radius 1 is 1.11 bits per heavy atom. The van der Waals surface area contributed by atoms with E-state index in [0.29, 0.717) is 31.8 Å². The van der Waals surface area contributed by atoms with Crippen LogP contribution in [0.5, 0.6) is 0 Å². The third-order valence-corrected chi connectivity index (χ3v) is 2.25. The van der Waals surface area contributed by atoms with Gasteiger partial charge < -0.3 is 9.47 Å². The van der Waals surface area contributed by atoms with E-state index in [4.69, 9.17) is 9.47 Å². The predicted molar refractivity (Wildman–Crippen MR) is 76.9 cm³/mol. The van der Waals surface area contributed by atoms with Crippen molar-refractivity contribution in [2.24, 2.45) is 11.8 Å². The molecule has 5 heteroatoms. The van der Waals surface area contributed by atoms with Crippen LogP contribution in [0.2, 0.25) is 0 Å². The van der Waals surface area contributed by atoms with Crippen molar-refractivity contribution < 1.29 is 9.47 Å². The van der Waals surface area contributed by atoms with Gasteiger partial charge in [0.15, 0.2) is 0 Å². The molecule has 1 rings (SSSR count). The molecule has 0 saturated heterocycles. The maximum absolute atomic E-state index is 5.46. The third kappa shape index (κ3) is 8.72. The summed E-state index contributed by atoms with van der Waals surface area (Å²) < 4.78 is 12.6. The highest BCUT2D eigenvalue weighted by atomic mass is 16.5. The van der Waals surface area contributed by atoms with Gasteiger partial charge in [0.1, 0.15) is 6.73 Å². The summed E-state index contributed by atoms with van der Waals surface area (Å²) in [6.45, 7) is 11.0. The van der Waals surface area contributed by atoms with Gasteiger partial charge >= 0.3 is 0 Å². The summed E-state index contributed by atoms with van der Waals surface area (Å²) in [5.41, 5.74) is 1.02. The zero-order valence-corrected chi connectivity index (χ0v) is 11.9. The van der Waals surface area contributed by atoms with Crippen molar-refractivity contribution in [1.82, 2.24) is 15.0 Å². The molecule has 0 amide bonds. The summed E-state index contributed by atoms with van der Waals surface area (Å²) in [6.07, 6.45) is 2.90. The van der Waals surface area contributed by atoms with Crippen LogP contribution in [-0.4, -0.2) is 34.8 Å². The molecule has 1 aromatic heterocycles. The van der Waals surface area contributed by atoms with Gasteiger partial charge in [-0.2, -0.15) is 0 Å². The van der Waals surface area contributed by atoms with E-state index in [1.807, 2.05) is 6.20 Å². The number of rotatable bonds is 9. The summed E-state index contributed by atoms with van der Waals surface area (Å²) in [5, 5.41) is 8.11. The topological polar surface area (TPSA) is 49.2 Å². The third-order valence-electron chi connectivity index (χ3n) is 2.25. The van der Waals surface area contributed by atoms with Crippen LogP contribution >= 0.6 is 0 Å². The van der Waals surface area contributed by atoms with E-state index in [9.17, 15) is 0 Å². The van der Waals surface area contributed by atoms with Crippen LogP contribution in [0.15, 0.2) is 6.20 Å². The lowest BCUT2D eigenvalue weighted by Crippen LogP contribution is -2.11. The fourth-order valence-electron chi connectivity index (χ4n) is 1.51. The van der Waals surface area contributed by atoms with Crippen LogP contribution in [0.4, 0.5) is 0 Å². The Morgan fingerprint density at radius 3 is 2.42 bits per heavy atom. The van der Waals surface area contributed by atoms with Gasteiger partial charge in [-0.05, 0) is 18.3 Å². The Labute approximate surface area is 117 Å². The van der Waals surface area contributed by atoms with Crippen molar-refractivity contribution in [2.45, 2.75) is 48.3 Å². The Bertz CT molecular complexity index is 324. The van der Waals surface area contributed by atoms with E-state index in [1.165, 1.54) is 0 Å². The minimum atomic E-state index is 0. The smallest absolute Gasteiger partial charge is 0.141 e. The molecule has 0 radical (unpaired) electrons. The number of ether oxygens (including phenoxy) is 2. The zero-order valence-electron chi connectivity index (χ0n) is 11.9. The SMILES string of the molecule is C.CC(C)COCCOCn1cc(CC(C)C)nn1. The molecule has 0 aliphatic heterocycles. The highest BCUT2D eigenvalue weighted by molar-refractivity contribution is 4.92.